The van der Waals surface area contributed by atoms with E-state index in [1.165, 1.54) is 98.1 Å². The Bertz CT molecular complexity index is 7230. The van der Waals surface area contributed by atoms with Crippen LogP contribution in [0.1, 0.15) is 0 Å². The molecule has 0 atom stereocenters. The third kappa shape index (κ3) is 8.49. The number of aromatic nitrogens is 7. The van der Waals surface area contributed by atoms with Gasteiger partial charge in [0.25, 0.3) is 0 Å². The van der Waals surface area contributed by atoms with E-state index in [0.29, 0.717) is 5.95 Å². The number of hydrogen-bond donors (Lipinski definition) is 0. The number of fused-ring (bicyclic) bond motifs is 18. The van der Waals surface area contributed by atoms with Crippen molar-refractivity contribution in [3.8, 4) is 95.7 Å². The molecule has 6 aromatic heterocycles. The molecular formula is C98H59N7. The summed E-state index contributed by atoms with van der Waals surface area (Å²) in [7, 11) is 0. The summed E-state index contributed by atoms with van der Waals surface area (Å²) in [5.41, 5.74) is 28.8. The minimum absolute atomic E-state index is 0.608. The van der Waals surface area contributed by atoms with Crippen molar-refractivity contribution in [2.45, 2.75) is 0 Å². The monoisotopic (exact) mass is 1330 g/mol. The summed E-state index contributed by atoms with van der Waals surface area (Å²) in [6, 6.07) is 132. The van der Waals surface area contributed by atoms with Crippen LogP contribution in [0.15, 0.2) is 358 Å². The largest absolute Gasteiger partial charge is 0.309 e. The number of benzene rings is 16. The Morgan fingerprint density at radius 2 is 0.476 bits per heavy atom. The highest BCUT2D eigenvalue weighted by Gasteiger charge is 2.30. The van der Waals surface area contributed by atoms with Gasteiger partial charge in [-0.1, -0.05) is 212 Å². The molecule has 6 heterocycles. The van der Waals surface area contributed by atoms with Gasteiger partial charge in [0, 0.05) is 93.3 Å². The molecule has 16 aromatic carbocycles. The van der Waals surface area contributed by atoms with Crippen LogP contribution in [0.25, 0.3) is 216 Å². The molecule has 0 saturated heterocycles. The zero-order valence-corrected chi connectivity index (χ0v) is 56.7. The fourth-order valence-electron chi connectivity index (χ4n) is 17.8. The van der Waals surface area contributed by atoms with Crippen LogP contribution in [0.5, 0.6) is 0 Å². The molecule has 7 heteroatoms. The van der Waals surface area contributed by atoms with Crippen LogP contribution in [0.4, 0.5) is 0 Å². The second-order valence-corrected chi connectivity index (χ2v) is 28.0. The maximum atomic E-state index is 5.96. The molecule has 0 spiro atoms. The Kier molecular flexibility index (Phi) is 12.2. The van der Waals surface area contributed by atoms with Crippen molar-refractivity contribution in [1.82, 2.24) is 32.8 Å². The molecule has 7 nitrogen and oxygen atoms in total. The summed E-state index contributed by atoms with van der Waals surface area (Å²) in [6.45, 7) is 0. The lowest BCUT2D eigenvalue weighted by Crippen LogP contribution is -2.05. The van der Waals surface area contributed by atoms with E-state index in [1.807, 2.05) is 0 Å². The Labute approximate surface area is 602 Å². The van der Waals surface area contributed by atoms with Gasteiger partial charge in [0.15, 0.2) is 0 Å². The van der Waals surface area contributed by atoms with Gasteiger partial charge < -0.3 is 18.3 Å². The van der Waals surface area contributed by atoms with Crippen LogP contribution >= 0.6 is 0 Å². The first kappa shape index (κ1) is 57.6. The summed E-state index contributed by atoms with van der Waals surface area (Å²) in [6.07, 6.45) is 0. The van der Waals surface area contributed by atoms with Gasteiger partial charge in [0.05, 0.1) is 66.6 Å². The average Bonchev–Trinajstić information content (AvgIpc) is 1.55. The first-order valence-corrected chi connectivity index (χ1v) is 36.0. The minimum atomic E-state index is 0.608. The second kappa shape index (κ2) is 22.2. The fourth-order valence-corrected chi connectivity index (χ4v) is 17.8. The van der Waals surface area contributed by atoms with Crippen molar-refractivity contribution in [3.05, 3.63) is 358 Å². The molecule has 1 aliphatic carbocycles. The molecule has 0 radical (unpaired) electrons. The standard InChI is InChI=1S/C98H59N7/c1-4-24-68(25-5-1)101-84-37-14-10-31-72(84)78-54-61(41-47-88(78)101)62-44-50-91-81(57-62)75-34-13-17-40-87(75)104(91)71-30-18-23-67(53-71)96-95-76-35-19-21-60-22-20-36-77(94(60)76)97(95)100-98(99-96)105-92-51-45-65(63-42-48-89-79(55-63)73-32-11-15-38-85(73)102(89)69-26-6-2-7-27-69)58-82(92)83-59-66(46-52-93(83)105)64-43-49-90-80(56-64)74-33-12-16-39-86(74)103(90)70-28-8-3-9-29-70/h1-59H. The lowest BCUT2D eigenvalue weighted by Gasteiger charge is -2.15. The molecule has 23 rings (SSSR count). The summed E-state index contributed by atoms with van der Waals surface area (Å²) in [4.78, 5) is 11.8. The van der Waals surface area contributed by atoms with Crippen molar-refractivity contribution in [3.63, 3.8) is 0 Å². The second-order valence-electron chi connectivity index (χ2n) is 28.0. The van der Waals surface area contributed by atoms with Crippen molar-refractivity contribution >= 4 is 120 Å². The Morgan fingerprint density at radius 1 is 0.181 bits per heavy atom. The van der Waals surface area contributed by atoms with Crippen LogP contribution < -0.4 is 0 Å². The van der Waals surface area contributed by atoms with Gasteiger partial charge in [-0.15, -0.1) is 0 Å². The van der Waals surface area contributed by atoms with E-state index >= 15 is 0 Å². The number of hydrogen-bond acceptors (Lipinski definition) is 2. The van der Waals surface area contributed by atoms with Crippen molar-refractivity contribution in [2.75, 3.05) is 0 Å². The highest BCUT2D eigenvalue weighted by Crippen LogP contribution is 2.52. The molecule has 0 saturated carbocycles. The molecule has 0 aliphatic heterocycles. The normalized spacial score (nSPS) is 12.2. The Morgan fingerprint density at radius 3 is 0.867 bits per heavy atom. The van der Waals surface area contributed by atoms with Crippen molar-refractivity contribution in [2.24, 2.45) is 0 Å². The average molecular weight is 1330 g/mol. The smallest absolute Gasteiger partial charge is 0.235 e. The van der Waals surface area contributed by atoms with Crippen LogP contribution in [0.2, 0.25) is 0 Å². The lowest BCUT2D eigenvalue weighted by molar-refractivity contribution is 0.999. The summed E-state index contributed by atoms with van der Waals surface area (Å²) < 4.78 is 11.9. The summed E-state index contributed by atoms with van der Waals surface area (Å²) in [5.74, 6) is 0.608. The summed E-state index contributed by atoms with van der Waals surface area (Å²) >= 11 is 0. The number of para-hydroxylation sites is 7. The van der Waals surface area contributed by atoms with E-state index in [9.17, 15) is 0 Å². The highest BCUT2D eigenvalue weighted by atomic mass is 15.2. The maximum absolute atomic E-state index is 5.96. The van der Waals surface area contributed by atoms with Crippen molar-refractivity contribution in [1.29, 1.82) is 0 Å². The van der Waals surface area contributed by atoms with Gasteiger partial charge in [-0.2, -0.15) is 0 Å². The van der Waals surface area contributed by atoms with Gasteiger partial charge in [-0.05, 0) is 195 Å². The Balaban J connectivity index is 0.713. The molecule has 0 amide bonds. The SMILES string of the molecule is c1ccc(-n2c3ccccc3c3cc(-c4ccc5c(c4)c4ccccc4n5-c4cccc(-c5nc(-n6c7ccc(-c8ccc9c(c8)c8ccccc8n9-c8ccccc8)cc7c7cc(-c8ccc9c(c8)c8ccccc8n9-c8ccccc8)ccc76)nc6c5-c5cccc7cccc-6c57)c4)ccc32)cc1. The van der Waals surface area contributed by atoms with Crippen LogP contribution in [0.3, 0.4) is 0 Å². The summed E-state index contributed by atoms with van der Waals surface area (Å²) in [5, 5.41) is 14.3. The molecule has 1 aliphatic rings. The van der Waals surface area contributed by atoms with Crippen molar-refractivity contribution < 1.29 is 0 Å². The van der Waals surface area contributed by atoms with Crippen LogP contribution in [0, 0.1) is 0 Å². The molecule has 0 unspecified atom stereocenters. The van der Waals surface area contributed by atoms with E-state index in [4.69, 9.17) is 9.97 Å². The van der Waals surface area contributed by atoms with Gasteiger partial charge >= 0.3 is 0 Å². The molecule has 0 N–H and O–H groups in total. The predicted molar refractivity (Wildman–Crippen MR) is 437 cm³/mol. The molecular weight excluding hydrogens is 1280 g/mol. The van der Waals surface area contributed by atoms with E-state index in [2.05, 4.69) is 381 Å². The predicted octanol–water partition coefficient (Wildman–Crippen LogP) is 25.4. The fraction of sp³-hybridized carbons (Fsp3) is 0. The van der Waals surface area contributed by atoms with Gasteiger partial charge in [-0.3, -0.25) is 4.57 Å². The van der Waals surface area contributed by atoms with Gasteiger partial charge in [0.1, 0.15) is 0 Å². The highest BCUT2D eigenvalue weighted by molar-refractivity contribution is 6.19. The van der Waals surface area contributed by atoms with E-state index < -0.39 is 0 Å². The topological polar surface area (TPSA) is 50.4 Å². The Hall–Kier alpha value is -14.1. The molecule has 0 bridgehead atoms. The quantitative estimate of drug-likeness (QED) is 0.145. The minimum Gasteiger partial charge on any atom is -0.309 e. The van der Waals surface area contributed by atoms with E-state index in [1.54, 1.807) is 0 Å². The van der Waals surface area contributed by atoms with Crippen LogP contribution in [-0.4, -0.2) is 32.8 Å². The lowest BCUT2D eigenvalue weighted by atomic mass is 9.98. The number of nitrogens with zero attached hydrogens (tertiary/aromatic N) is 7. The first-order chi connectivity index (χ1) is 52.1. The van der Waals surface area contributed by atoms with Crippen LogP contribution in [-0.2, 0) is 0 Å². The third-order valence-electron chi connectivity index (χ3n) is 22.4. The molecule has 105 heavy (non-hydrogen) atoms. The molecule has 22 aromatic rings. The van der Waals surface area contributed by atoms with Gasteiger partial charge in [-0.25, -0.2) is 9.97 Å². The van der Waals surface area contributed by atoms with E-state index in [-0.39, 0.29) is 0 Å². The van der Waals surface area contributed by atoms with Gasteiger partial charge in [0.2, 0.25) is 5.95 Å². The zero-order chi connectivity index (χ0) is 68.5. The maximum Gasteiger partial charge on any atom is 0.235 e. The zero-order valence-electron chi connectivity index (χ0n) is 56.7. The van der Waals surface area contributed by atoms with E-state index in [0.717, 1.165) is 111 Å². The third-order valence-corrected chi connectivity index (χ3v) is 22.4. The first-order valence-electron chi connectivity index (χ1n) is 36.0. The molecule has 486 valence electrons. The number of rotatable bonds is 9. The molecule has 0 fully saturated rings.